The predicted octanol–water partition coefficient (Wildman–Crippen LogP) is 0.545. The molecule has 0 saturated carbocycles. The van der Waals surface area contributed by atoms with Crippen LogP contribution < -0.4 is 0 Å². The third-order valence-electron chi connectivity index (χ3n) is 2.43. The lowest BCUT2D eigenvalue weighted by atomic mass is 10.0. The highest BCUT2D eigenvalue weighted by molar-refractivity contribution is 4.73. The zero-order chi connectivity index (χ0) is 8.97. The average Bonchev–Trinajstić information content (AvgIpc) is 2.47. The maximum atomic E-state index is 8.84. The van der Waals surface area contributed by atoms with E-state index < -0.39 is 0 Å². The van der Waals surface area contributed by atoms with Crippen molar-refractivity contribution in [3.63, 3.8) is 0 Å². The molecule has 2 atom stereocenters. The van der Waals surface area contributed by atoms with Crippen molar-refractivity contribution in [3.05, 3.63) is 0 Å². The lowest BCUT2D eigenvalue weighted by Gasteiger charge is -2.16. The molecule has 0 aromatic rings. The summed E-state index contributed by atoms with van der Waals surface area (Å²) in [5, 5.41) is 17.7. The van der Waals surface area contributed by atoms with Crippen LogP contribution in [0.2, 0.25) is 0 Å². The second-order valence-corrected chi connectivity index (χ2v) is 3.61. The van der Waals surface area contributed by atoms with E-state index in [-0.39, 0.29) is 25.2 Å². The molecule has 2 unspecified atom stereocenters. The summed E-state index contributed by atoms with van der Waals surface area (Å²) in [6, 6.07) is 0. The highest BCUT2D eigenvalue weighted by atomic mass is 16.5. The van der Waals surface area contributed by atoms with Crippen molar-refractivity contribution in [1.29, 1.82) is 0 Å². The van der Waals surface area contributed by atoms with Crippen molar-refractivity contribution >= 4 is 0 Å². The maximum absolute atomic E-state index is 8.84. The Labute approximate surface area is 73.4 Å². The van der Waals surface area contributed by atoms with E-state index in [1.165, 1.54) is 0 Å². The Kier molecular flexibility index (Phi) is 3.98. The molecule has 0 amide bonds. The van der Waals surface area contributed by atoms with E-state index in [9.17, 15) is 0 Å². The molecule has 3 heteroatoms. The van der Waals surface area contributed by atoms with Gasteiger partial charge in [-0.1, -0.05) is 0 Å². The van der Waals surface area contributed by atoms with Crippen LogP contribution in [-0.2, 0) is 4.74 Å². The minimum absolute atomic E-state index is 0.000278. The highest BCUT2D eigenvalue weighted by Gasteiger charge is 2.24. The van der Waals surface area contributed by atoms with Gasteiger partial charge in [-0.15, -0.1) is 0 Å². The van der Waals surface area contributed by atoms with Crippen molar-refractivity contribution in [3.8, 4) is 0 Å². The van der Waals surface area contributed by atoms with E-state index in [4.69, 9.17) is 14.9 Å². The second kappa shape index (κ2) is 4.80. The summed E-state index contributed by atoms with van der Waals surface area (Å²) in [6.07, 6.45) is 3.57. The summed E-state index contributed by atoms with van der Waals surface area (Å²) in [7, 11) is 0. The summed E-state index contributed by atoms with van der Waals surface area (Å²) in [6.45, 7) is 2.18. The molecule has 1 aliphatic heterocycles. The number of ether oxygens (including phenoxy) is 1. The number of hydrogen-bond acceptors (Lipinski definition) is 3. The molecule has 2 N–H and O–H groups in total. The summed E-state index contributed by atoms with van der Waals surface area (Å²) >= 11 is 0. The van der Waals surface area contributed by atoms with Crippen LogP contribution in [0.5, 0.6) is 0 Å². The van der Waals surface area contributed by atoms with Crippen molar-refractivity contribution in [2.75, 3.05) is 13.2 Å². The maximum Gasteiger partial charge on any atom is 0.0584 e. The van der Waals surface area contributed by atoms with E-state index in [0.29, 0.717) is 6.10 Å². The van der Waals surface area contributed by atoms with Crippen LogP contribution in [0.1, 0.15) is 26.2 Å². The molecule has 1 saturated heterocycles. The van der Waals surface area contributed by atoms with Gasteiger partial charge < -0.3 is 14.9 Å². The fraction of sp³-hybridized carbons (Fsp3) is 1.00. The summed E-state index contributed by atoms with van der Waals surface area (Å²) < 4.78 is 5.57. The molecule has 0 spiro atoms. The zero-order valence-corrected chi connectivity index (χ0v) is 7.57. The van der Waals surface area contributed by atoms with E-state index in [1.54, 1.807) is 0 Å². The van der Waals surface area contributed by atoms with E-state index in [2.05, 4.69) is 6.92 Å². The number of aliphatic hydroxyl groups excluding tert-OH is 2. The highest BCUT2D eigenvalue weighted by Crippen LogP contribution is 2.24. The van der Waals surface area contributed by atoms with Crippen LogP contribution in [0.3, 0.4) is 0 Å². The van der Waals surface area contributed by atoms with Crippen LogP contribution in [-0.4, -0.2) is 35.6 Å². The van der Waals surface area contributed by atoms with Gasteiger partial charge in [0.1, 0.15) is 0 Å². The molecule has 0 aromatic carbocycles. The number of rotatable bonds is 4. The molecule has 1 aliphatic rings. The lowest BCUT2D eigenvalue weighted by molar-refractivity contribution is 0.0239. The Hall–Kier alpha value is -0.120. The Balaban J connectivity index is 2.21. The van der Waals surface area contributed by atoms with Gasteiger partial charge in [0.15, 0.2) is 0 Å². The third-order valence-corrected chi connectivity index (χ3v) is 2.43. The minimum atomic E-state index is 0.000278. The molecule has 12 heavy (non-hydrogen) atoms. The Morgan fingerprint density at radius 1 is 1.33 bits per heavy atom. The van der Waals surface area contributed by atoms with Crippen molar-refractivity contribution in [1.82, 2.24) is 0 Å². The number of hydrogen-bond donors (Lipinski definition) is 2. The first-order valence-corrected chi connectivity index (χ1v) is 4.63. The molecule has 0 radical (unpaired) electrons. The molecule has 1 heterocycles. The first-order chi connectivity index (χ1) is 5.76. The Bertz CT molecular complexity index is 123. The van der Waals surface area contributed by atoms with Gasteiger partial charge >= 0.3 is 0 Å². The minimum Gasteiger partial charge on any atom is -0.396 e. The van der Waals surface area contributed by atoms with Crippen LogP contribution >= 0.6 is 0 Å². The van der Waals surface area contributed by atoms with Gasteiger partial charge in [-0.3, -0.25) is 0 Å². The Morgan fingerprint density at radius 2 is 2.00 bits per heavy atom. The standard InChI is InChI=1S/C9H18O3/c1-7-2-3-9(12-7)4-8(5-10)6-11/h7-11H,2-6H2,1H3. The van der Waals surface area contributed by atoms with Crippen LogP contribution in [0, 0.1) is 5.92 Å². The fourth-order valence-corrected chi connectivity index (χ4v) is 1.64. The van der Waals surface area contributed by atoms with E-state index in [1.807, 2.05) is 0 Å². The largest absolute Gasteiger partial charge is 0.396 e. The first-order valence-electron chi connectivity index (χ1n) is 4.63. The van der Waals surface area contributed by atoms with Gasteiger partial charge in [0, 0.05) is 19.1 Å². The zero-order valence-electron chi connectivity index (χ0n) is 7.57. The SMILES string of the molecule is CC1CCC(CC(CO)CO)O1. The lowest BCUT2D eigenvalue weighted by Crippen LogP contribution is -2.19. The summed E-state index contributed by atoms with van der Waals surface area (Å²) in [5.74, 6) is 0.000278. The van der Waals surface area contributed by atoms with Gasteiger partial charge in [-0.05, 0) is 26.2 Å². The van der Waals surface area contributed by atoms with Gasteiger partial charge in [-0.2, -0.15) is 0 Å². The molecular weight excluding hydrogens is 156 g/mol. The van der Waals surface area contributed by atoms with Gasteiger partial charge in [-0.25, -0.2) is 0 Å². The molecule has 1 rings (SSSR count). The summed E-state index contributed by atoms with van der Waals surface area (Å²) in [5.41, 5.74) is 0. The number of aliphatic hydroxyl groups is 2. The molecule has 0 aromatic heterocycles. The second-order valence-electron chi connectivity index (χ2n) is 3.61. The molecule has 0 bridgehead atoms. The first kappa shape index (κ1) is 9.96. The molecular formula is C9H18O3. The third kappa shape index (κ3) is 2.73. The normalized spacial score (nSPS) is 30.0. The van der Waals surface area contributed by atoms with Crippen molar-refractivity contribution in [2.45, 2.75) is 38.4 Å². The van der Waals surface area contributed by atoms with Crippen molar-refractivity contribution < 1.29 is 14.9 Å². The monoisotopic (exact) mass is 174 g/mol. The topological polar surface area (TPSA) is 49.7 Å². The smallest absolute Gasteiger partial charge is 0.0584 e. The quantitative estimate of drug-likeness (QED) is 0.654. The van der Waals surface area contributed by atoms with Crippen LogP contribution in [0.15, 0.2) is 0 Å². The summed E-state index contributed by atoms with van der Waals surface area (Å²) in [4.78, 5) is 0. The molecule has 0 aliphatic carbocycles. The average molecular weight is 174 g/mol. The van der Waals surface area contributed by atoms with Gasteiger partial charge in [0.25, 0.3) is 0 Å². The van der Waals surface area contributed by atoms with Gasteiger partial charge in [0.05, 0.1) is 12.2 Å². The predicted molar refractivity (Wildman–Crippen MR) is 45.8 cm³/mol. The van der Waals surface area contributed by atoms with Crippen LogP contribution in [0.4, 0.5) is 0 Å². The molecule has 72 valence electrons. The Morgan fingerprint density at radius 3 is 2.42 bits per heavy atom. The fourth-order valence-electron chi connectivity index (χ4n) is 1.64. The van der Waals surface area contributed by atoms with E-state index in [0.717, 1.165) is 19.3 Å². The van der Waals surface area contributed by atoms with Crippen LogP contribution in [0.25, 0.3) is 0 Å². The van der Waals surface area contributed by atoms with Gasteiger partial charge in [0.2, 0.25) is 0 Å². The molecule has 1 fully saturated rings. The van der Waals surface area contributed by atoms with E-state index >= 15 is 0 Å². The van der Waals surface area contributed by atoms with Crippen molar-refractivity contribution in [2.24, 2.45) is 5.92 Å². The molecule has 3 nitrogen and oxygen atoms in total.